The number of imidazole rings is 1. The van der Waals surface area contributed by atoms with Gasteiger partial charge in [-0.25, -0.2) is 4.98 Å². The van der Waals surface area contributed by atoms with Crippen molar-refractivity contribution in [2.75, 3.05) is 0 Å². The first kappa shape index (κ1) is 31.4. The van der Waals surface area contributed by atoms with Gasteiger partial charge in [-0.1, -0.05) is 247 Å². The number of hydrogen-bond donors (Lipinski definition) is 0. The number of benzene rings is 10. The average Bonchev–Trinajstić information content (AvgIpc) is 0.728. The predicted molar refractivity (Wildman–Crippen MR) is 339 cm³/mol. The maximum absolute atomic E-state index is 9.83. The van der Waals surface area contributed by atoms with Crippen molar-refractivity contribution in [2.24, 2.45) is 0 Å². The molecular weight excluding hydrogens is 1000 g/mol. The highest BCUT2D eigenvalue weighted by atomic mass is 28.3. The van der Waals surface area contributed by atoms with E-state index in [1.165, 1.54) is 18.3 Å². The molecule has 0 saturated heterocycles. The number of pyridine rings is 1. The van der Waals surface area contributed by atoms with Crippen molar-refractivity contribution in [3.05, 3.63) is 284 Å². The van der Waals surface area contributed by atoms with Crippen LogP contribution in [0.5, 0.6) is 11.5 Å². The Hall–Kier alpha value is -9.36. The van der Waals surface area contributed by atoms with Gasteiger partial charge in [0.25, 0.3) is 6.33 Å². The second-order valence-corrected chi connectivity index (χ2v) is 25.3. The van der Waals surface area contributed by atoms with E-state index in [0.29, 0.717) is 33.3 Å². The molecule has 0 aliphatic carbocycles. The quantitative estimate of drug-likeness (QED) is 0.0560. The van der Waals surface area contributed by atoms with E-state index in [-0.39, 0.29) is 50.1 Å². The Kier molecular flexibility index (Phi) is 7.91. The van der Waals surface area contributed by atoms with Gasteiger partial charge in [0.15, 0.2) is 8.07 Å². The lowest BCUT2D eigenvalue weighted by atomic mass is 9.82. The highest BCUT2D eigenvalue weighted by Crippen LogP contribution is 2.39. The van der Waals surface area contributed by atoms with Crippen molar-refractivity contribution in [2.45, 2.75) is 59.2 Å². The molecule has 0 radical (unpaired) electrons. The maximum atomic E-state index is 9.83. The van der Waals surface area contributed by atoms with E-state index in [1.54, 1.807) is 63.7 Å². The third kappa shape index (κ3) is 9.16. The molecule has 0 fully saturated rings. The van der Waals surface area contributed by atoms with Crippen LogP contribution in [0.2, 0.25) is 0 Å². The lowest BCUT2D eigenvalue weighted by Crippen LogP contribution is -2.74. The highest BCUT2D eigenvalue weighted by molar-refractivity contribution is 7.20. The fraction of sp³-hybridized carbons (Fsp3) is 0.120. The van der Waals surface area contributed by atoms with Crippen LogP contribution >= 0.6 is 0 Å². The SMILES string of the molecule is [2H]c1c([2H])c([2H])c(-c2cnc(-n3c4ccccc4c4ccc(Oc5cccc(-n6[c-][n+](-c7c(-c8cccc(C(C)(C)C)c8)cccc7C(C)(C)C)c7ccc([Si](c8c([2H])c([2H])c([2H])c([2H])c8[2H])(c8c([2H])c([2H])c([2H])c([2H])c8[2H])c8c([2H])c([2H])c([2H])c([2H])c8[2H])cc76)c5)cc43)cc2C([2H])([2H])[2H])c([2H])c1[2H]. The second kappa shape index (κ2) is 20.4. The summed E-state index contributed by atoms with van der Waals surface area (Å²) in [5.41, 5.74) is 4.56. The molecule has 0 spiro atoms. The van der Waals surface area contributed by atoms with Crippen LogP contribution in [0.25, 0.3) is 72.3 Å². The molecule has 0 N–H and O–H groups in total. The number of hydrogen-bond acceptors (Lipinski definition) is 2. The van der Waals surface area contributed by atoms with Gasteiger partial charge in [-0.3, -0.25) is 13.7 Å². The van der Waals surface area contributed by atoms with E-state index < -0.39 is 157 Å². The van der Waals surface area contributed by atoms with Crippen molar-refractivity contribution >= 4 is 61.7 Å². The Labute approximate surface area is 509 Å². The van der Waals surface area contributed by atoms with Crippen LogP contribution in [0.4, 0.5) is 0 Å². The van der Waals surface area contributed by atoms with Crippen LogP contribution in [0.3, 0.4) is 0 Å². The van der Waals surface area contributed by atoms with Gasteiger partial charge in [0.1, 0.15) is 17.3 Å². The average molecular weight is 1090 g/mol. The number of aromatic nitrogens is 4. The fourth-order valence-corrected chi connectivity index (χ4v) is 14.6. The van der Waals surface area contributed by atoms with Crippen molar-refractivity contribution in [3.63, 3.8) is 0 Å². The summed E-state index contributed by atoms with van der Waals surface area (Å²) in [6.45, 7) is 9.64. The predicted octanol–water partition coefficient (Wildman–Crippen LogP) is 15.6. The molecule has 0 bridgehead atoms. The first-order chi connectivity index (χ1) is 48.8. The topological polar surface area (TPSA) is 35.9 Å². The summed E-state index contributed by atoms with van der Waals surface area (Å²) in [6.07, 6.45) is 4.85. The zero-order valence-electron chi connectivity index (χ0n) is 68.0. The van der Waals surface area contributed by atoms with Gasteiger partial charge in [-0.2, -0.15) is 0 Å². The summed E-state index contributed by atoms with van der Waals surface area (Å²) in [7, 11) is -5.66. The summed E-state index contributed by atoms with van der Waals surface area (Å²) in [6, 6.07) is 23.0. The summed E-state index contributed by atoms with van der Waals surface area (Å²) in [5.74, 6) is 0.636. The van der Waals surface area contributed by atoms with Crippen LogP contribution in [-0.2, 0) is 10.8 Å². The molecule has 394 valence electrons. The van der Waals surface area contributed by atoms with Gasteiger partial charge in [0.2, 0.25) is 0 Å². The van der Waals surface area contributed by atoms with Gasteiger partial charge in [-0.05, 0) is 114 Å². The Morgan fingerprint density at radius 2 is 1.16 bits per heavy atom. The molecule has 0 aliphatic heterocycles. The van der Waals surface area contributed by atoms with Crippen LogP contribution < -0.4 is 30.1 Å². The van der Waals surface area contributed by atoms with Crippen LogP contribution in [0.1, 0.15) is 89.8 Å². The molecule has 0 amide bonds. The van der Waals surface area contributed by atoms with E-state index in [4.69, 9.17) is 24.8 Å². The summed E-state index contributed by atoms with van der Waals surface area (Å²) in [5, 5.41) is -0.626. The molecule has 3 aromatic heterocycles. The normalized spacial score (nSPS) is 16.3. The van der Waals surface area contributed by atoms with Gasteiger partial charge in [0, 0.05) is 32.7 Å². The van der Waals surface area contributed by atoms with Gasteiger partial charge in [0.05, 0.1) is 60.9 Å². The van der Waals surface area contributed by atoms with Crippen molar-refractivity contribution in [1.29, 1.82) is 0 Å². The third-order valence-electron chi connectivity index (χ3n) is 14.7. The lowest BCUT2D eigenvalue weighted by Gasteiger charge is -2.34. The minimum atomic E-state index is -5.66. The molecule has 81 heavy (non-hydrogen) atoms. The van der Waals surface area contributed by atoms with Crippen molar-refractivity contribution in [1.82, 2.24) is 14.1 Å². The monoisotopic (exact) mass is 1090 g/mol. The molecule has 3 heterocycles. The van der Waals surface area contributed by atoms with E-state index in [1.807, 2.05) is 59.2 Å². The number of para-hydroxylation sites is 2. The Morgan fingerprint density at radius 3 is 1.84 bits per heavy atom. The molecule has 5 nitrogen and oxygen atoms in total. The van der Waals surface area contributed by atoms with E-state index in [9.17, 15) is 16.4 Å². The minimum Gasteiger partial charge on any atom is -0.458 e. The molecule has 0 atom stereocenters. The molecule has 10 aromatic carbocycles. The molecule has 0 saturated carbocycles. The molecule has 0 aliphatic rings. The highest BCUT2D eigenvalue weighted by Gasteiger charge is 2.42. The maximum Gasteiger partial charge on any atom is 0.269 e. The molecule has 13 rings (SSSR count). The first-order valence-corrected chi connectivity index (χ1v) is 28.2. The third-order valence-corrected chi connectivity index (χ3v) is 18.8. The van der Waals surface area contributed by atoms with Gasteiger partial charge >= 0.3 is 0 Å². The summed E-state index contributed by atoms with van der Waals surface area (Å²) in [4.78, 5) is 4.73. The molecule has 0 unspecified atom stereocenters. The smallest absolute Gasteiger partial charge is 0.269 e. The van der Waals surface area contributed by atoms with Gasteiger partial charge < -0.3 is 4.74 Å². The lowest BCUT2D eigenvalue weighted by molar-refractivity contribution is -0.572. The largest absolute Gasteiger partial charge is 0.458 e. The Balaban J connectivity index is 1.10. The van der Waals surface area contributed by atoms with Crippen molar-refractivity contribution in [3.8, 4) is 50.9 Å². The fourth-order valence-electron chi connectivity index (χ4n) is 10.8. The Morgan fingerprint density at radius 1 is 0.519 bits per heavy atom. The number of aryl methyl sites for hydroxylation is 1. The zero-order chi connectivity index (χ0) is 75.4. The molecule has 6 heteroatoms. The van der Waals surface area contributed by atoms with Gasteiger partial charge in [-0.15, -0.1) is 0 Å². The summed E-state index contributed by atoms with van der Waals surface area (Å²) >= 11 is 0. The molecular formula is C75H64N4OSi. The first-order valence-electron chi connectivity index (χ1n) is 37.7. The van der Waals surface area contributed by atoms with E-state index in [2.05, 4.69) is 60.0 Å². The van der Waals surface area contributed by atoms with E-state index >= 15 is 0 Å². The zero-order valence-corrected chi connectivity index (χ0v) is 46.0. The van der Waals surface area contributed by atoms with Crippen molar-refractivity contribution < 1.29 is 40.8 Å². The van der Waals surface area contributed by atoms with Crippen LogP contribution in [0.15, 0.2) is 261 Å². The number of rotatable bonds is 11. The number of nitrogens with zero attached hydrogens (tertiary/aromatic N) is 4. The van der Waals surface area contributed by atoms with E-state index in [0.717, 1.165) is 27.6 Å². The molecule has 13 aromatic rings. The standard InChI is InChI=1S/C75H64N4OSi/c1-52-45-72(76-50-66(52)53-25-12-8-13-26-53)79-68-40-21-20-37-64(68)65-43-41-58(48-70(65)79)80-57-30-23-29-56(47-57)77-51-78(73-63(38-24-39-67(73)75(5,6)7)54-27-22-28-55(46-54)74(2,3)4)69-44-42-62(49-71(69)77)81(59-31-14-9-15-32-59,60-33-16-10-17-34-60)61-35-18-11-19-36-61/h8-50H,1-7H3/i1D3,8D,9D,10D,11D,12D,13D,14D,15D,16D,17D,18D,19D,25D,26D,31D,32D,33D,34D,35D,36D. The van der Waals surface area contributed by atoms with Crippen LogP contribution in [0, 0.1) is 13.2 Å². The van der Waals surface area contributed by atoms with Crippen LogP contribution in [-0.4, -0.2) is 22.2 Å². The second-order valence-electron chi connectivity index (χ2n) is 21.7. The minimum absolute atomic E-state index is 0.121. The number of ether oxygens (including phenoxy) is 1. The summed E-state index contributed by atoms with van der Waals surface area (Å²) < 4.78 is 221. The Bertz CT molecular complexity index is 5550. The number of fused-ring (bicyclic) bond motifs is 4.